The summed E-state index contributed by atoms with van der Waals surface area (Å²) >= 11 is 0. The van der Waals surface area contributed by atoms with Crippen molar-refractivity contribution in [2.24, 2.45) is 13.0 Å². The van der Waals surface area contributed by atoms with E-state index in [0.717, 1.165) is 18.8 Å². The first kappa shape index (κ1) is 18.3. The van der Waals surface area contributed by atoms with Crippen molar-refractivity contribution in [3.05, 3.63) is 57.0 Å². The molecule has 0 saturated carbocycles. The van der Waals surface area contributed by atoms with Gasteiger partial charge >= 0.3 is 0 Å². The van der Waals surface area contributed by atoms with Crippen LogP contribution in [0, 0.1) is 5.92 Å². The first-order chi connectivity index (χ1) is 13.2. The second-order valence-corrected chi connectivity index (χ2v) is 8.43. The minimum Gasteiger partial charge on any atom is -0.341 e. The van der Waals surface area contributed by atoms with Gasteiger partial charge in [-0.25, -0.2) is 9.67 Å². The van der Waals surface area contributed by atoms with Gasteiger partial charge in [0.05, 0.1) is 29.3 Å². The fourth-order valence-electron chi connectivity index (χ4n) is 3.47. The van der Waals surface area contributed by atoms with E-state index in [1.807, 2.05) is 0 Å². The van der Waals surface area contributed by atoms with Crippen molar-refractivity contribution >= 4 is 16.9 Å². The van der Waals surface area contributed by atoms with Crippen LogP contribution in [-0.4, -0.2) is 37.4 Å². The highest BCUT2D eigenvalue weighted by Crippen LogP contribution is 2.24. The molecule has 0 radical (unpaired) electrons. The Morgan fingerprint density at radius 3 is 2.61 bits per heavy atom. The Labute approximate surface area is 162 Å². The lowest BCUT2D eigenvalue weighted by molar-refractivity contribution is 0.323. The number of hydrogen-bond donors (Lipinski definition) is 0. The monoisotopic (exact) mass is 380 g/mol. The molecule has 1 saturated heterocycles. The lowest BCUT2D eigenvalue weighted by atomic mass is 9.92. The number of anilines is 1. The van der Waals surface area contributed by atoms with Gasteiger partial charge in [0.15, 0.2) is 0 Å². The van der Waals surface area contributed by atoms with Crippen LogP contribution in [0.5, 0.6) is 0 Å². The van der Waals surface area contributed by atoms with Crippen molar-refractivity contribution in [1.29, 1.82) is 0 Å². The second kappa shape index (κ2) is 6.54. The summed E-state index contributed by atoms with van der Waals surface area (Å²) in [6.45, 7) is 8.24. The van der Waals surface area contributed by atoms with Crippen molar-refractivity contribution in [1.82, 2.24) is 24.3 Å². The van der Waals surface area contributed by atoms with Gasteiger partial charge in [0.1, 0.15) is 0 Å². The highest BCUT2D eigenvalue weighted by Gasteiger charge is 2.31. The van der Waals surface area contributed by atoms with E-state index in [-0.39, 0.29) is 22.5 Å². The molecule has 0 aromatic carbocycles. The standard InChI is InChI=1S/C20H24N6O2/c1-20(2,3)16-5-6-17(27)26(23-16)12-13-10-25(11-13)19-22-15-9-21-8-7-14(15)18(28)24(19)4/h5-9,13H,10-12H2,1-4H3. The average molecular weight is 380 g/mol. The van der Waals surface area contributed by atoms with E-state index in [1.54, 1.807) is 46.9 Å². The van der Waals surface area contributed by atoms with Crippen molar-refractivity contribution in [3.8, 4) is 0 Å². The summed E-state index contributed by atoms with van der Waals surface area (Å²) in [5.74, 6) is 0.910. The normalized spacial score (nSPS) is 15.1. The Bertz CT molecular complexity index is 1150. The van der Waals surface area contributed by atoms with Gasteiger partial charge < -0.3 is 4.90 Å². The Morgan fingerprint density at radius 1 is 1.14 bits per heavy atom. The predicted molar refractivity (Wildman–Crippen MR) is 108 cm³/mol. The summed E-state index contributed by atoms with van der Waals surface area (Å²) in [6, 6.07) is 5.08. The Kier molecular flexibility index (Phi) is 4.28. The number of nitrogens with zero attached hydrogens (tertiary/aromatic N) is 6. The molecule has 0 amide bonds. The van der Waals surface area contributed by atoms with Crippen LogP contribution < -0.4 is 16.0 Å². The molecule has 8 heteroatoms. The average Bonchev–Trinajstić information content (AvgIpc) is 2.61. The first-order valence-corrected chi connectivity index (χ1v) is 9.38. The van der Waals surface area contributed by atoms with E-state index in [2.05, 4.69) is 40.7 Å². The molecule has 28 heavy (non-hydrogen) atoms. The van der Waals surface area contributed by atoms with Crippen LogP contribution in [0.15, 0.2) is 40.2 Å². The SMILES string of the molecule is Cn1c(N2CC(Cn3nc(C(C)(C)C)ccc3=O)C2)nc2cnccc2c1=O. The predicted octanol–water partition coefficient (Wildman–Crippen LogP) is 1.32. The number of fused-ring (bicyclic) bond motifs is 1. The molecule has 0 unspecified atom stereocenters. The zero-order valence-electron chi connectivity index (χ0n) is 16.6. The number of pyridine rings is 1. The molecule has 3 aromatic rings. The van der Waals surface area contributed by atoms with E-state index in [4.69, 9.17) is 0 Å². The van der Waals surface area contributed by atoms with Crippen LogP contribution in [0.3, 0.4) is 0 Å². The molecule has 4 rings (SSSR count). The molecule has 0 aliphatic carbocycles. The minimum absolute atomic E-state index is 0.0818. The molecule has 0 atom stereocenters. The molecule has 0 N–H and O–H groups in total. The molecule has 0 bridgehead atoms. The molecule has 0 spiro atoms. The molecular formula is C20H24N6O2. The maximum absolute atomic E-state index is 12.6. The first-order valence-electron chi connectivity index (χ1n) is 9.38. The van der Waals surface area contributed by atoms with Crippen LogP contribution in [0.4, 0.5) is 5.95 Å². The van der Waals surface area contributed by atoms with E-state index in [9.17, 15) is 9.59 Å². The number of rotatable bonds is 3. The Hall–Kier alpha value is -3.03. The van der Waals surface area contributed by atoms with Gasteiger partial charge in [-0.2, -0.15) is 5.10 Å². The van der Waals surface area contributed by atoms with Crippen molar-refractivity contribution in [2.75, 3.05) is 18.0 Å². The third-order valence-corrected chi connectivity index (χ3v) is 5.16. The molecule has 8 nitrogen and oxygen atoms in total. The molecule has 3 aromatic heterocycles. The summed E-state index contributed by atoms with van der Waals surface area (Å²) in [5.41, 5.74) is 1.21. The minimum atomic E-state index is -0.109. The lowest BCUT2D eigenvalue weighted by Gasteiger charge is -2.40. The van der Waals surface area contributed by atoms with Crippen LogP contribution >= 0.6 is 0 Å². The third kappa shape index (κ3) is 3.19. The summed E-state index contributed by atoms with van der Waals surface area (Å²) in [4.78, 5) is 35.5. The van der Waals surface area contributed by atoms with Crippen molar-refractivity contribution in [3.63, 3.8) is 0 Å². The van der Waals surface area contributed by atoms with Crippen molar-refractivity contribution < 1.29 is 0 Å². The number of hydrogen-bond acceptors (Lipinski definition) is 6. The fourth-order valence-corrected chi connectivity index (χ4v) is 3.47. The summed E-state index contributed by atoms with van der Waals surface area (Å²) < 4.78 is 3.13. The van der Waals surface area contributed by atoms with E-state index < -0.39 is 0 Å². The molecule has 146 valence electrons. The summed E-state index contributed by atoms with van der Waals surface area (Å²) in [5, 5.41) is 5.11. The highest BCUT2D eigenvalue weighted by molar-refractivity contribution is 5.77. The van der Waals surface area contributed by atoms with Gasteiger partial charge in [0.25, 0.3) is 11.1 Å². The third-order valence-electron chi connectivity index (χ3n) is 5.16. The van der Waals surface area contributed by atoms with Gasteiger partial charge in [-0.3, -0.25) is 19.1 Å². The quantitative estimate of drug-likeness (QED) is 0.681. The zero-order chi connectivity index (χ0) is 20.1. The van der Waals surface area contributed by atoms with E-state index in [1.165, 1.54) is 0 Å². The molecule has 1 aliphatic rings. The maximum atomic E-state index is 12.6. The number of aromatic nitrogens is 5. The van der Waals surface area contributed by atoms with Gasteiger partial charge in [-0.05, 0) is 12.1 Å². The topological polar surface area (TPSA) is 85.9 Å². The largest absolute Gasteiger partial charge is 0.341 e. The van der Waals surface area contributed by atoms with Crippen LogP contribution in [-0.2, 0) is 19.0 Å². The Balaban J connectivity index is 1.53. The van der Waals surface area contributed by atoms with Gasteiger partial charge in [-0.15, -0.1) is 0 Å². The highest BCUT2D eigenvalue weighted by atomic mass is 16.1. The summed E-state index contributed by atoms with van der Waals surface area (Å²) in [6.07, 6.45) is 3.21. The molecule has 1 fully saturated rings. The molecule has 4 heterocycles. The fraction of sp³-hybridized carbons (Fsp3) is 0.450. The van der Waals surface area contributed by atoms with Crippen LogP contribution in [0.25, 0.3) is 10.9 Å². The van der Waals surface area contributed by atoms with Crippen LogP contribution in [0.1, 0.15) is 26.5 Å². The maximum Gasteiger partial charge on any atom is 0.266 e. The second-order valence-electron chi connectivity index (χ2n) is 8.43. The van der Waals surface area contributed by atoms with E-state index >= 15 is 0 Å². The Morgan fingerprint density at radius 2 is 1.89 bits per heavy atom. The van der Waals surface area contributed by atoms with Gasteiger partial charge in [0, 0.05) is 43.7 Å². The van der Waals surface area contributed by atoms with Crippen molar-refractivity contribution in [2.45, 2.75) is 32.7 Å². The molecular weight excluding hydrogens is 356 g/mol. The molecule has 1 aliphatic heterocycles. The van der Waals surface area contributed by atoms with Crippen LogP contribution in [0.2, 0.25) is 0 Å². The van der Waals surface area contributed by atoms with Gasteiger partial charge in [0.2, 0.25) is 5.95 Å². The van der Waals surface area contributed by atoms with Gasteiger partial charge in [-0.1, -0.05) is 20.8 Å². The lowest BCUT2D eigenvalue weighted by Crippen LogP contribution is -2.51. The zero-order valence-corrected chi connectivity index (χ0v) is 16.6. The smallest absolute Gasteiger partial charge is 0.266 e. The summed E-state index contributed by atoms with van der Waals surface area (Å²) in [7, 11) is 1.73. The van der Waals surface area contributed by atoms with E-state index in [0.29, 0.717) is 23.4 Å².